The predicted molar refractivity (Wildman–Crippen MR) is 94.3 cm³/mol. The average molecular weight is 284 g/mol. The smallest absolute Gasteiger partial charge is 0.0162 e. The van der Waals surface area contributed by atoms with Gasteiger partial charge in [0.25, 0.3) is 0 Å². The lowest BCUT2D eigenvalue weighted by atomic mass is 9.71. The molecule has 2 rings (SSSR count). The van der Waals surface area contributed by atoms with Gasteiger partial charge in [-0.05, 0) is 81.3 Å². The Morgan fingerprint density at radius 1 is 1.33 bits per heavy atom. The second-order valence-electron chi connectivity index (χ2n) is 8.06. The van der Waals surface area contributed by atoms with Crippen molar-refractivity contribution < 1.29 is 0 Å². The summed E-state index contributed by atoms with van der Waals surface area (Å²) in [6.07, 6.45) is 8.34. The molecule has 0 radical (unpaired) electrons. The summed E-state index contributed by atoms with van der Waals surface area (Å²) >= 11 is 0. The molecule has 0 saturated heterocycles. The molecule has 0 amide bonds. The minimum absolute atomic E-state index is 0.430. The zero-order valence-electron chi connectivity index (χ0n) is 14.7. The van der Waals surface area contributed by atoms with E-state index in [0.29, 0.717) is 5.41 Å². The van der Waals surface area contributed by atoms with Crippen molar-refractivity contribution in [2.75, 3.05) is 0 Å². The minimum Gasteiger partial charge on any atom is -0.103 e. The van der Waals surface area contributed by atoms with Crippen molar-refractivity contribution in [3.63, 3.8) is 0 Å². The van der Waals surface area contributed by atoms with Gasteiger partial charge >= 0.3 is 0 Å². The molecule has 2 aliphatic carbocycles. The van der Waals surface area contributed by atoms with Crippen LogP contribution in [0.1, 0.15) is 66.7 Å². The van der Waals surface area contributed by atoms with Crippen molar-refractivity contribution >= 4 is 0 Å². The lowest BCUT2D eigenvalue weighted by Gasteiger charge is -2.34. The Labute approximate surface area is 131 Å². The first-order valence-electron chi connectivity index (χ1n) is 8.43. The van der Waals surface area contributed by atoms with Crippen molar-refractivity contribution in [1.82, 2.24) is 0 Å². The maximum Gasteiger partial charge on any atom is -0.0162 e. The van der Waals surface area contributed by atoms with Crippen LogP contribution in [0.15, 0.2) is 47.1 Å². The van der Waals surface area contributed by atoms with Gasteiger partial charge in [-0.2, -0.15) is 0 Å². The minimum atomic E-state index is 0.430. The Morgan fingerprint density at radius 2 is 2.00 bits per heavy atom. The normalized spacial score (nSPS) is 29.0. The van der Waals surface area contributed by atoms with Crippen LogP contribution in [0.5, 0.6) is 0 Å². The molecule has 0 heterocycles. The second-order valence-corrected chi connectivity index (χ2v) is 8.06. The van der Waals surface area contributed by atoms with Crippen molar-refractivity contribution in [3.8, 4) is 0 Å². The molecule has 116 valence electrons. The number of hydrogen-bond donors (Lipinski definition) is 0. The van der Waals surface area contributed by atoms with Gasteiger partial charge in [-0.3, -0.25) is 0 Å². The van der Waals surface area contributed by atoms with Crippen LogP contribution in [0.2, 0.25) is 0 Å². The first-order chi connectivity index (χ1) is 9.76. The molecule has 0 N–H and O–H groups in total. The van der Waals surface area contributed by atoms with E-state index in [-0.39, 0.29) is 0 Å². The van der Waals surface area contributed by atoms with Crippen LogP contribution in [0, 0.1) is 17.3 Å². The van der Waals surface area contributed by atoms with Gasteiger partial charge in [-0.15, -0.1) is 6.58 Å². The molecule has 2 aliphatic rings. The summed E-state index contributed by atoms with van der Waals surface area (Å²) in [5.74, 6) is 1.59. The van der Waals surface area contributed by atoms with E-state index in [2.05, 4.69) is 53.9 Å². The highest BCUT2D eigenvalue weighted by molar-refractivity contribution is 5.51. The summed E-state index contributed by atoms with van der Waals surface area (Å²) in [4.78, 5) is 0. The number of hydrogen-bond acceptors (Lipinski definition) is 0. The van der Waals surface area contributed by atoms with Gasteiger partial charge in [-0.25, -0.2) is 0 Å². The zero-order valence-corrected chi connectivity index (χ0v) is 14.7. The van der Waals surface area contributed by atoms with Crippen LogP contribution >= 0.6 is 0 Å². The fourth-order valence-electron chi connectivity index (χ4n) is 3.97. The van der Waals surface area contributed by atoms with Crippen molar-refractivity contribution in [2.24, 2.45) is 17.3 Å². The summed E-state index contributed by atoms with van der Waals surface area (Å²) < 4.78 is 0. The van der Waals surface area contributed by atoms with E-state index >= 15 is 0 Å². The quantitative estimate of drug-likeness (QED) is 0.393. The average Bonchev–Trinajstić information content (AvgIpc) is 3.13. The van der Waals surface area contributed by atoms with E-state index in [0.717, 1.165) is 18.3 Å². The standard InChI is InChI=1S/C21H32/c1-8-9-17-12-18(17)16(5)20(14(2)3)19-13-21(6,7)11-10-15(19)4/h8,17-18H,1-2,9-13H2,3-7H3/b20-16+/t17?,18-/m1/s1. The van der Waals surface area contributed by atoms with E-state index in [9.17, 15) is 0 Å². The van der Waals surface area contributed by atoms with Crippen LogP contribution in [0.25, 0.3) is 0 Å². The lowest BCUT2D eigenvalue weighted by Crippen LogP contribution is -2.19. The Hall–Kier alpha value is -1.04. The number of rotatable bonds is 5. The summed E-state index contributed by atoms with van der Waals surface area (Å²) in [6.45, 7) is 19.9. The van der Waals surface area contributed by atoms with Gasteiger partial charge < -0.3 is 0 Å². The molecule has 2 atom stereocenters. The molecule has 0 aromatic heterocycles. The van der Waals surface area contributed by atoms with Crippen molar-refractivity contribution in [2.45, 2.75) is 66.7 Å². The van der Waals surface area contributed by atoms with E-state index in [1.165, 1.54) is 36.8 Å². The highest BCUT2D eigenvalue weighted by Crippen LogP contribution is 2.51. The van der Waals surface area contributed by atoms with Gasteiger partial charge in [0.2, 0.25) is 0 Å². The van der Waals surface area contributed by atoms with E-state index in [4.69, 9.17) is 0 Å². The summed E-state index contributed by atoms with van der Waals surface area (Å²) in [5, 5.41) is 0. The lowest BCUT2D eigenvalue weighted by molar-refractivity contribution is 0.315. The third kappa shape index (κ3) is 3.59. The molecule has 0 bridgehead atoms. The SMILES string of the molecule is C=CCC1C[C@@H]1/C(C)=C(\C(=C)C)C1=C(C)CCC(C)(C)C1. The molecular weight excluding hydrogens is 252 g/mol. The third-order valence-corrected chi connectivity index (χ3v) is 5.42. The molecular formula is C21H32. The highest BCUT2D eigenvalue weighted by atomic mass is 14.4. The fraction of sp³-hybridized carbons (Fsp3) is 0.619. The van der Waals surface area contributed by atoms with E-state index < -0.39 is 0 Å². The van der Waals surface area contributed by atoms with Gasteiger partial charge in [0.1, 0.15) is 0 Å². The van der Waals surface area contributed by atoms with Crippen LogP contribution in [0.4, 0.5) is 0 Å². The molecule has 1 unspecified atom stereocenters. The maximum atomic E-state index is 4.30. The third-order valence-electron chi connectivity index (χ3n) is 5.42. The largest absolute Gasteiger partial charge is 0.103 e. The predicted octanol–water partition coefficient (Wildman–Crippen LogP) is 6.62. The zero-order chi connectivity index (χ0) is 15.8. The molecule has 21 heavy (non-hydrogen) atoms. The molecule has 0 nitrogen and oxygen atoms in total. The molecule has 0 spiro atoms. The Bertz CT molecular complexity index is 510. The van der Waals surface area contributed by atoms with E-state index in [1.54, 1.807) is 16.7 Å². The van der Waals surface area contributed by atoms with Crippen LogP contribution in [-0.4, -0.2) is 0 Å². The van der Waals surface area contributed by atoms with Crippen LogP contribution < -0.4 is 0 Å². The van der Waals surface area contributed by atoms with Crippen LogP contribution in [0.3, 0.4) is 0 Å². The Balaban J connectivity index is 2.35. The first-order valence-corrected chi connectivity index (χ1v) is 8.43. The molecule has 0 aliphatic heterocycles. The monoisotopic (exact) mass is 284 g/mol. The van der Waals surface area contributed by atoms with Gasteiger partial charge in [0.05, 0.1) is 0 Å². The molecule has 0 aromatic carbocycles. The second kappa shape index (κ2) is 5.99. The molecule has 1 saturated carbocycles. The topological polar surface area (TPSA) is 0 Å². The highest BCUT2D eigenvalue weighted by Gasteiger charge is 2.39. The van der Waals surface area contributed by atoms with Gasteiger partial charge in [0.15, 0.2) is 0 Å². The number of allylic oxidation sites excluding steroid dienone is 6. The van der Waals surface area contributed by atoms with Crippen molar-refractivity contribution in [3.05, 3.63) is 47.1 Å². The maximum absolute atomic E-state index is 4.30. The first kappa shape index (κ1) is 16.3. The van der Waals surface area contributed by atoms with Crippen LogP contribution in [-0.2, 0) is 0 Å². The fourth-order valence-corrected chi connectivity index (χ4v) is 3.97. The summed E-state index contributed by atoms with van der Waals surface area (Å²) in [6, 6.07) is 0. The van der Waals surface area contributed by atoms with Gasteiger partial charge in [-0.1, -0.05) is 43.2 Å². The van der Waals surface area contributed by atoms with Crippen molar-refractivity contribution in [1.29, 1.82) is 0 Å². The summed E-state index contributed by atoms with van der Waals surface area (Å²) in [7, 11) is 0. The molecule has 0 heteroatoms. The Kier molecular flexibility index (Phi) is 4.66. The Morgan fingerprint density at radius 3 is 2.57 bits per heavy atom. The molecule has 1 fully saturated rings. The summed E-state index contributed by atoms with van der Waals surface area (Å²) in [5.41, 5.74) is 7.95. The molecule has 0 aromatic rings. The van der Waals surface area contributed by atoms with E-state index in [1.807, 2.05) is 0 Å². The van der Waals surface area contributed by atoms with Gasteiger partial charge in [0, 0.05) is 0 Å².